The Morgan fingerprint density at radius 1 is 1.50 bits per heavy atom. The SMILES string of the molecule is O=C(O)C1CCN2CCC(=O)C12. The summed E-state index contributed by atoms with van der Waals surface area (Å²) in [6.07, 6.45) is 1.17. The third kappa shape index (κ3) is 0.948. The summed E-state index contributed by atoms with van der Waals surface area (Å²) < 4.78 is 0. The zero-order valence-corrected chi connectivity index (χ0v) is 6.69. The van der Waals surface area contributed by atoms with Crippen LogP contribution in [0.25, 0.3) is 0 Å². The maximum Gasteiger partial charge on any atom is 0.308 e. The first-order chi connectivity index (χ1) is 5.70. The van der Waals surface area contributed by atoms with Crippen LogP contribution in [0.3, 0.4) is 0 Å². The van der Waals surface area contributed by atoms with Crippen LogP contribution in [-0.4, -0.2) is 40.9 Å². The number of carboxylic acid groups (broad SMARTS) is 1. The van der Waals surface area contributed by atoms with Crippen LogP contribution in [0.1, 0.15) is 12.8 Å². The standard InChI is InChI=1S/C8H11NO3/c10-6-2-4-9-3-1-5(7(6)9)8(11)12/h5,7H,1-4H2,(H,11,12). The summed E-state index contributed by atoms with van der Waals surface area (Å²) in [5, 5.41) is 8.80. The van der Waals surface area contributed by atoms with E-state index < -0.39 is 11.9 Å². The molecule has 2 aliphatic rings. The van der Waals surface area contributed by atoms with E-state index in [9.17, 15) is 9.59 Å². The lowest BCUT2D eigenvalue weighted by Crippen LogP contribution is -2.34. The summed E-state index contributed by atoms with van der Waals surface area (Å²) in [7, 11) is 0. The van der Waals surface area contributed by atoms with Gasteiger partial charge in [-0.15, -0.1) is 0 Å². The summed E-state index contributed by atoms with van der Waals surface area (Å²) in [6, 6.07) is -0.303. The van der Waals surface area contributed by atoms with Crippen molar-refractivity contribution in [1.82, 2.24) is 4.90 Å². The molecule has 0 amide bonds. The summed E-state index contributed by atoms with van der Waals surface area (Å²) in [4.78, 5) is 24.0. The predicted molar refractivity (Wildman–Crippen MR) is 40.7 cm³/mol. The molecule has 2 aliphatic heterocycles. The molecular formula is C8H11NO3. The van der Waals surface area contributed by atoms with E-state index in [-0.39, 0.29) is 11.8 Å². The molecule has 0 aromatic carbocycles. The number of carboxylic acids is 1. The first kappa shape index (κ1) is 7.73. The van der Waals surface area contributed by atoms with Gasteiger partial charge in [0, 0.05) is 13.0 Å². The number of carbonyl (C=O) groups is 2. The van der Waals surface area contributed by atoms with Gasteiger partial charge in [-0.3, -0.25) is 14.5 Å². The second-order valence-electron chi connectivity index (χ2n) is 3.43. The lowest BCUT2D eigenvalue weighted by molar-refractivity contribution is -0.144. The number of rotatable bonds is 1. The van der Waals surface area contributed by atoms with Gasteiger partial charge in [-0.25, -0.2) is 0 Å². The van der Waals surface area contributed by atoms with Crippen LogP contribution < -0.4 is 0 Å². The molecule has 4 nitrogen and oxygen atoms in total. The van der Waals surface area contributed by atoms with Gasteiger partial charge in [0.1, 0.15) is 0 Å². The molecule has 4 heteroatoms. The molecule has 66 valence electrons. The van der Waals surface area contributed by atoms with Crippen molar-refractivity contribution in [2.75, 3.05) is 13.1 Å². The normalized spacial score (nSPS) is 35.5. The molecule has 1 N–H and O–H groups in total. The van der Waals surface area contributed by atoms with E-state index >= 15 is 0 Å². The molecule has 2 heterocycles. The largest absolute Gasteiger partial charge is 0.481 e. The number of nitrogens with zero attached hydrogens (tertiary/aromatic N) is 1. The third-order valence-corrected chi connectivity index (χ3v) is 2.79. The van der Waals surface area contributed by atoms with Crippen molar-refractivity contribution >= 4 is 11.8 Å². The first-order valence-electron chi connectivity index (χ1n) is 4.19. The van der Waals surface area contributed by atoms with Gasteiger partial charge in [0.15, 0.2) is 5.78 Å². The molecule has 0 aliphatic carbocycles. The minimum absolute atomic E-state index is 0.111. The quantitative estimate of drug-likeness (QED) is 0.587. The van der Waals surface area contributed by atoms with Gasteiger partial charge >= 0.3 is 5.97 Å². The van der Waals surface area contributed by atoms with Crippen molar-refractivity contribution in [3.63, 3.8) is 0 Å². The Morgan fingerprint density at radius 3 is 2.92 bits per heavy atom. The Kier molecular flexibility index (Phi) is 1.65. The van der Waals surface area contributed by atoms with Gasteiger partial charge in [0.25, 0.3) is 0 Å². The molecule has 0 aromatic heterocycles. The third-order valence-electron chi connectivity index (χ3n) is 2.79. The van der Waals surface area contributed by atoms with Crippen LogP contribution in [0.15, 0.2) is 0 Å². The Bertz CT molecular complexity index is 238. The van der Waals surface area contributed by atoms with E-state index in [0.29, 0.717) is 12.8 Å². The minimum Gasteiger partial charge on any atom is -0.481 e. The van der Waals surface area contributed by atoms with E-state index in [2.05, 4.69) is 0 Å². The molecule has 0 bridgehead atoms. The van der Waals surface area contributed by atoms with E-state index in [4.69, 9.17) is 5.11 Å². The van der Waals surface area contributed by atoms with Crippen LogP contribution >= 0.6 is 0 Å². The van der Waals surface area contributed by atoms with Gasteiger partial charge < -0.3 is 5.11 Å². The van der Waals surface area contributed by atoms with Gasteiger partial charge in [-0.1, -0.05) is 0 Å². The lowest BCUT2D eigenvalue weighted by atomic mass is 9.98. The molecule has 2 saturated heterocycles. The van der Waals surface area contributed by atoms with Crippen LogP contribution in [0.4, 0.5) is 0 Å². The molecule has 2 atom stereocenters. The van der Waals surface area contributed by atoms with Gasteiger partial charge in [0.05, 0.1) is 12.0 Å². The maximum atomic E-state index is 11.3. The summed E-state index contributed by atoms with van der Waals surface area (Å²) in [6.45, 7) is 1.53. The average molecular weight is 169 g/mol. The molecule has 0 radical (unpaired) electrons. The zero-order chi connectivity index (χ0) is 8.72. The molecule has 2 unspecified atom stereocenters. The number of hydrogen-bond donors (Lipinski definition) is 1. The molecule has 0 spiro atoms. The maximum absolute atomic E-state index is 11.3. The molecule has 0 saturated carbocycles. The smallest absolute Gasteiger partial charge is 0.308 e. The second-order valence-corrected chi connectivity index (χ2v) is 3.43. The number of fused-ring (bicyclic) bond motifs is 1. The number of carbonyl (C=O) groups excluding carboxylic acids is 1. The van der Waals surface area contributed by atoms with E-state index in [0.717, 1.165) is 13.1 Å². The topological polar surface area (TPSA) is 57.6 Å². The highest BCUT2D eigenvalue weighted by Gasteiger charge is 2.46. The number of hydrogen-bond acceptors (Lipinski definition) is 3. The number of aliphatic carboxylic acids is 1. The first-order valence-corrected chi connectivity index (χ1v) is 4.19. The van der Waals surface area contributed by atoms with Gasteiger partial charge in [0.2, 0.25) is 0 Å². The molecule has 2 fully saturated rings. The highest BCUT2D eigenvalue weighted by molar-refractivity contribution is 5.91. The van der Waals surface area contributed by atoms with E-state index in [1.165, 1.54) is 0 Å². The summed E-state index contributed by atoms with van der Waals surface area (Å²) >= 11 is 0. The minimum atomic E-state index is -0.822. The fourth-order valence-electron chi connectivity index (χ4n) is 2.20. The average Bonchev–Trinajstić information content (AvgIpc) is 2.53. The Labute approximate surface area is 70.2 Å². The Hall–Kier alpha value is -0.900. The molecule has 2 rings (SSSR count). The van der Waals surface area contributed by atoms with Crippen LogP contribution in [0, 0.1) is 5.92 Å². The van der Waals surface area contributed by atoms with Crippen molar-refractivity contribution in [3.05, 3.63) is 0 Å². The highest BCUT2D eigenvalue weighted by atomic mass is 16.4. The zero-order valence-electron chi connectivity index (χ0n) is 6.69. The number of ketones is 1. The molecule has 0 aromatic rings. The molecule has 12 heavy (non-hydrogen) atoms. The fraction of sp³-hybridized carbons (Fsp3) is 0.750. The summed E-state index contributed by atoms with van der Waals surface area (Å²) in [5.74, 6) is -1.15. The van der Waals surface area contributed by atoms with Crippen LogP contribution in [-0.2, 0) is 9.59 Å². The van der Waals surface area contributed by atoms with Crippen molar-refractivity contribution < 1.29 is 14.7 Å². The van der Waals surface area contributed by atoms with Crippen molar-refractivity contribution in [3.8, 4) is 0 Å². The predicted octanol–water partition coefficient (Wildman–Crippen LogP) is -0.266. The van der Waals surface area contributed by atoms with Crippen LogP contribution in [0.5, 0.6) is 0 Å². The Balaban J connectivity index is 2.19. The van der Waals surface area contributed by atoms with Crippen LogP contribution in [0.2, 0.25) is 0 Å². The van der Waals surface area contributed by atoms with E-state index in [1.54, 1.807) is 0 Å². The van der Waals surface area contributed by atoms with E-state index in [1.807, 2.05) is 4.90 Å². The van der Waals surface area contributed by atoms with Crippen molar-refractivity contribution in [2.24, 2.45) is 5.92 Å². The lowest BCUT2D eigenvalue weighted by Gasteiger charge is -2.14. The fourth-order valence-corrected chi connectivity index (χ4v) is 2.20. The highest BCUT2D eigenvalue weighted by Crippen LogP contribution is 2.30. The van der Waals surface area contributed by atoms with Crippen molar-refractivity contribution in [2.45, 2.75) is 18.9 Å². The monoisotopic (exact) mass is 169 g/mol. The van der Waals surface area contributed by atoms with Crippen molar-refractivity contribution in [1.29, 1.82) is 0 Å². The van der Waals surface area contributed by atoms with Gasteiger partial charge in [-0.2, -0.15) is 0 Å². The Morgan fingerprint density at radius 2 is 2.25 bits per heavy atom. The number of Topliss-reactive ketones (excluding diaryl/α,β-unsaturated/α-hetero) is 1. The summed E-state index contributed by atoms with van der Waals surface area (Å²) in [5.41, 5.74) is 0. The molecular weight excluding hydrogens is 158 g/mol. The second kappa shape index (κ2) is 2.55. The van der Waals surface area contributed by atoms with Gasteiger partial charge in [-0.05, 0) is 13.0 Å².